The lowest BCUT2D eigenvalue weighted by Gasteiger charge is -2.32. The predicted octanol–water partition coefficient (Wildman–Crippen LogP) is 0.194. The maximum atomic E-state index is 9.59. The van der Waals surface area contributed by atoms with Crippen LogP contribution in [0.15, 0.2) is 0 Å². The van der Waals surface area contributed by atoms with Gasteiger partial charge in [0.05, 0.1) is 12.2 Å². The minimum atomic E-state index is -0.988. The standard InChI is InChI=1S/C12H26N2O2/c1-12(16,10-15)9-13-7-6-11-5-3-4-8-14(11)2/h11,13,15-16H,3-10H2,1-2H3. The smallest absolute Gasteiger partial charge is 0.0972 e. The number of aliphatic hydroxyl groups excluding tert-OH is 1. The van der Waals surface area contributed by atoms with Crippen LogP contribution in [-0.2, 0) is 0 Å². The molecule has 0 bridgehead atoms. The molecular formula is C12H26N2O2. The van der Waals surface area contributed by atoms with Crippen molar-refractivity contribution in [1.82, 2.24) is 10.2 Å². The van der Waals surface area contributed by atoms with Crippen molar-refractivity contribution in [1.29, 1.82) is 0 Å². The monoisotopic (exact) mass is 230 g/mol. The zero-order chi connectivity index (χ0) is 12.0. The van der Waals surface area contributed by atoms with Gasteiger partial charge >= 0.3 is 0 Å². The van der Waals surface area contributed by atoms with Gasteiger partial charge in [-0.25, -0.2) is 0 Å². The second kappa shape index (κ2) is 6.55. The van der Waals surface area contributed by atoms with Gasteiger partial charge in [-0.2, -0.15) is 0 Å². The molecule has 16 heavy (non-hydrogen) atoms. The third-order valence-corrected chi connectivity index (χ3v) is 3.42. The molecule has 1 rings (SSSR count). The number of aliphatic hydroxyl groups is 2. The number of hydrogen-bond donors (Lipinski definition) is 3. The molecular weight excluding hydrogens is 204 g/mol. The van der Waals surface area contributed by atoms with E-state index in [0.717, 1.165) is 13.0 Å². The summed E-state index contributed by atoms with van der Waals surface area (Å²) >= 11 is 0. The third kappa shape index (κ3) is 4.78. The summed E-state index contributed by atoms with van der Waals surface area (Å²) in [5.41, 5.74) is -0.988. The van der Waals surface area contributed by atoms with Gasteiger partial charge < -0.3 is 20.4 Å². The first-order chi connectivity index (χ1) is 7.55. The van der Waals surface area contributed by atoms with E-state index in [2.05, 4.69) is 17.3 Å². The summed E-state index contributed by atoms with van der Waals surface area (Å²) in [5.74, 6) is 0. The Balaban J connectivity index is 2.10. The Morgan fingerprint density at radius 3 is 2.81 bits per heavy atom. The molecule has 0 aromatic rings. The Morgan fingerprint density at radius 1 is 1.44 bits per heavy atom. The predicted molar refractivity (Wildman–Crippen MR) is 65.5 cm³/mol. The van der Waals surface area contributed by atoms with Gasteiger partial charge in [0.1, 0.15) is 0 Å². The molecule has 0 aromatic carbocycles. The second-order valence-corrected chi connectivity index (χ2v) is 5.25. The molecule has 4 nitrogen and oxygen atoms in total. The van der Waals surface area contributed by atoms with Gasteiger partial charge in [-0.15, -0.1) is 0 Å². The SMILES string of the molecule is CN1CCCCC1CCNCC(C)(O)CO. The van der Waals surface area contributed by atoms with Crippen molar-refractivity contribution in [3.05, 3.63) is 0 Å². The van der Waals surface area contributed by atoms with Crippen LogP contribution in [0.3, 0.4) is 0 Å². The Bertz CT molecular complexity index is 197. The Labute approximate surface area is 98.6 Å². The Kier molecular flexibility index (Phi) is 5.69. The van der Waals surface area contributed by atoms with Gasteiger partial charge in [0.2, 0.25) is 0 Å². The first kappa shape index (κ1) is 13.9. The number of piperidine rings is 1. The number of rotatable bonds is 6. The first-order valence-corrected chi connectivity index (χ1v) is 6.29. The molecule has 2 atom stereocenters. The van der Waals surface area contributed by atoms with Crippen LogP contribution in [0, 0.1) is 0 Å². The molecule has 3 N–H and O–H groups in total. The van der Waals surface area contributed by atoms with Crippen molar-refractivity contribution in [3.8, 4) is 0 Å². The van der Waals surface area contributed by atoms with Crippen LogP contribution in [0.5, 0.6) is 0 Å². The molecule has 96 valence electrons. The molecule has 0 amide bonds. The van der Waals surface area contributed by atoms with Gasteiger partial charge in [0, 0.05) is 12.6 Å². The lowest BCUT2D eigenvalue weighted by atomic mass is 10.00. The van der Waals surface area contributed by atoms with Crippen LogP contribution in [0.2, 0.25) is 0 Å². The molecule has 1 aliphatic heterocycles. The second-order valence-electron chi connectivity index (χ2n) is 5.25. The minimum Gasteiger partial charge on any atom is -0.393 e. The van der Waals surface area contributed by atoms with E-state index in [0.29, 0.717) is 12.6 Å². The molecule has 2 unspecified atom stereocenters. The number of nitrogens with one attached hydrogen (secondary N) is 1. The van der Waals surface area contributed by atoms with E-state index in [1.165, 1.54) is 25.8 Å². The van der Waals surface area contributed by atoms with E-state index in [9.17, 15) is 5.11 Å². The van der Waals surface area contributed by atoms with Crippen LogP contribution in [0.25, 0.3) is 0 Å². The Morgan fingerprint density at radius 2 is 2.19 bits per heavy atom. The van der Waals surface area contributed by atoms with Gasteiger partial charge in [-0.05, 0) is 46.3 Å². The molecule has 0 radical (unpaired) electrons. The van der Waals surface area contributed by atoms with Crippen LogP contribution in [0.4, 0.5) is 0 Å². The molecule has 1 heterocycles. The Hall–Kier alpha value is -0.160. The van der Waals surface area contributed by atoms with Crippen LogP contribution in [0.1, 0.15) is 32.6 Å². The summed E-state index contributed by atoms with van der Waals surface area (Å²) in [5, 5.41) is 21.7. The zero-order valence-corrected chi connectivity index (χ0v) is 10.6. The fourth-order valence-electron chi connectivity index (χ4n) is 2.19. The number of hydrogen-bond acceptors (Lipinski definition) is 4. The summed E-state index contributed by atoms with van der Waals surface area (Å²) in [6.45, 7) is 4.03. The van der Waals surface area contributed by atoms with Crippen molar-refractivity contribution in [2.75, 3.05) is 33.3 Å². The number of nitrogens with zero attached hydrogens (tertiary/aromatic N) is 1. The third-order valence-electron chi connectivity index (χ3n) is 3.42. The van der Waals surface area contributed by atoms with Crippen LogP contribution >= 0.6 is 0 Å². The summed E-state index contributed by atoms with van der Waals surface area (Å²) in [4.78, 5) is 2.43. The molecule has 0 saturated carbocycles. The quantitative estimate of drug-likeness (QED) is 0.570. The summed E-state index contributed by atoms with van der Waals surface area (Å²) in [6, 6.07) is 0.681. The highest BCUT2D eigenvalue weighted by molar-refractivity contribution is 4.77. The van der Waals surface area contributed by atoms with E-state index in [-0.39, 0.29) is 6.61 Å². The molecule has 1 aliphatic rings. The van der Waals surface area contributed by atoms with E-state index < -0.39 is 5.60 Å². The van der Waals surface area contributed by atoms with E-state index in [1.807, 2.05) is 0 Å². The molecule has 1 fully saturated rings. The highest BCUT2D eigenvalue weighted by Gasteiger charge is 2.20. The average molecular weight is 230 g/mol. The summed E-state index contributed by atoms with van der Waals surface area (Å²) in [7, 11) is 2.19. The summed E-state index contributed by atoms with van der Waals surface area (Å²) < 4.78 is 0. The minimum absolute atomic E-state index is 0.191. The normalized spacial score (nSPS) is 26.6. The van der Waals surface area contributed by atoms with Crippen molar-refractivity contribution >= 4 is 0 Å². The summed E-state index contributed by atoms with van der Waals surface area (Å²) in [6.07, 6.45) is 5.07. The highest BCUT2D eigenvalue weighted by Crippen LogP contribution is 2.17. The fourth-order valence-corrected chi connectivity index (χ4v) is 2.19. The molecule has 0 aromatic heterocycles. The van der Waals surface area contributed by atoms with E-state index >= 15 is 0 Å². The lowest BCUT2D eigenvalue weighted by molar-refractivity contribution is 0.00247. The highest BCUT2D eigenvalue weighted by atomic mass is 16.3. The van der Waals surface area contributed by atoms with Gasteiger partial charge in [0.15, 0.2) is 0 Å². The molecule has 0 spiro atoms. The van der Waals surface area contributed by atoms with Crippen molar-refractivity contribution < 1.29 is 10.2 Å². The fraction of sp³-hybridized carbons (Fsp3) is 1.00. The van der Waals surface area contributed by atoms with Gasteiger partial charge in [-0.1, -0.05) is 6.42 Å². The largest absolute Gasteiger partial charge is 0.393 e. The average Bonchev–Trinajstić information content (AvgIpc) is 2.27. The lowest BCUT2D eigenvalue weighted by Crippen LogP contribution is -2.43. The maximum absolute atomic E-state index is 9.59. The first-order valence-electron chi connectivity index (χ1n) is 6.29. The molecule has 4 heteroatoms. The molecule has 1 saturated heterocycles. The van der Waals surface area contributed by atoms with Crippen LogP contribution < -0.4 is 5.32 Å². The molecule has 0 aliphatic carbocycles. The number of likely N-dealkylation sites (tertiary alicyclic amines) is 1. The maximum Gasteiger partial charge on any atom is 0.0972 e. The van der Waals surface area contributed by atoms with Gasteiger partial charge in [-0.3, -0.25) is 0 Å². The van der Waals surface area contributed by atoms with Crippen molar-refractivity contribution in [2.24, 2.45) is 0 Å². The van der Waals surface area contributed by atoms with E-state index in [4.69, 9.17) is 5.11 Å². The van der Waals surface area contributed by atoms with E-state index in [1.54, 1.807) is 6.92 Å². The van der Waals surface area contributed by atoms with Crippen molar-refractivity contribution in [3.63, 3.8) is 0 Å². The topological polar surface area (TPSA) is 55.7 Å². The van der Waals surface area contributed by atoms with Crippen LogP contribution in [-0.4, -0.2) is 60.0 Å². The van der Waals surface area contributed by atoms with Crippen molar-refractivity contribution in [2.45, 2.75) is 44.2 Å². The van der Waals surface area contributed by atoms with Gasteiger partial charge in [0.25, 0.3) is 0 Å². The zero-order valence-electron chi connectivity index (χ0n) is 10.6.